The first-order chi connectivity index (χ1) is 11.7. The summed E-state index contributed by atoms with van der Waals surface area (Å²) in [5.41, 5.74) is 7.59. The molecule has 2 radical (unpaired) electrons. The highest BCUT2D eigenvalue weighted by Crippen LogP contribution is 2.59. The molecule has 130 valence electrons. The molecule has 2 unspecified atom stereocenters. The lowest BCUT2D eigenvalue weighted by Gasteiger charge is -2.47. The summed E-state index contributed by atoms with van der Waals surface area (Å²) in [7, 11) is 0.742. The van der Waals surface area contributed by atoms with Crippen LogP contribution in [-0.4, -0.2) is 9.52 Å². The van der Waals surface area contributed by atoms with Gasteiger partial charge in [0.25, 0.3) is 0 Å². The Bertz CT molecular complexity index is 834. The molecule has 1 aromatic rings. The van der Waals surface area contributed by atoms with Gasteiger partial charge in [0, 0.05) is 10.8 Å². The zero-order valence-corrected chi connectivity index (χ0v) is 17.7. The SMILES string of the molecule is CC1=C(C)C(C)(C2(C)C=CC=CC2)C([Si]c2cc(C)ccc2C)=C1C. The van der Waals surface area contributed by atoms with Gasteiger partial charge >= 0.3 is 0 Å². The van der Waals surface area contributed by atoms with E-state index in [1.165, 1.54) is 27.5 Å². The van der Waals surface area contributed by atoms with Gasteiger partial charge in [0.2, 0.25) is 0 Å². The van der Waals surface area contributed by atoms with Crippen LogP contribution in [0.3, 0.4) is 0 Å². The molecule has 0 aliphatic heterocycles. The van der Waals surface area contributed by atoms with Crippen molar-refractivity contribution in [3.8, 4) is 0 Å². The second kappa shape index (κ2) is 6.28. The van der Waals surface area contributed by atoms with E-state index in [9.17, 15) is 0 Å². The maximum atomic E-state index is 2.49. The Morgan fingerprint density at radius 1 is 0.920 bits per heavy atom. The Kier molecular flexibility index (Phi) is 4.57. The van der Waals surface area contributed by atoms with Crippen LogP contribution in [0.1, 0.15) is 52.2 Å². The minimum absolute atomic E-state index is 0.0943. The van der Waals surface area contributed by atoms with E-state index in [0.717, 1.165) is 15.9 Å². The molecule has 3 rings (SSSR count). The minimum atomic E-state index is 0.0943. The number of rotatable bonds is 3. The first-order valence-electron chi connectivity index (χ1n) is 9.29. The van der Waals surface area contributed by atoms with Gasteiger partial charge in [-0.2, -0.15) is 0 Å². The fraction of sp³-hybridized carbons (Fsp3) is 0.417. The van der Waals surface area contributed by atoms with E-state index >= 15 is 0 Å². The summed E-state index contributed by atoms with van der Waals surface area (Å²) in [6, 6.07) is 6.89. The zero-order chi connectivity index (χ0) is 18.4. The van der Waals surface area contributed by atoms with Crippen molar-refractivity contribution in [2.75, 3.05) is 0 Å². The summed E-state index contributed by atoms with van der Waals surface area (Å²) >= 11 is 0. The van der Waals surface area contributed by atoms with Crippen LogP contribution >= 0.6 is 0 Å². The average molecular weight is 347 g/mol. The molecule has 1 heteroatoms. The lowest BCUT2D eigenvalue weighted by Crippen LogP contribution is -2.42. The van der Waals surface area contributed by atoms with Crippen LogP contribution in [0.5, 0.6) is 0 Å². The third kappa shape index (κ3) is 2.73. The van der Waals surface area contributed by atoms with Crippen LogP contribution in [0.25, 0.3) is 0 Å². The molecule has 0 nitrogen and oxygen atoms in total. The van der Waals surface area contributed by atoms with Gasteiger partial charge in [0.1, 0.15) is 9.52 Å². The van der Waals surface area contributed by atoms with E-state index in [0.29, 0.717) is 0 Å². The normalized spacial score (nSPS) is 29.1. The molecular formula is C24H30Si. The molecule has 0 heterocycles. The van der Waals surface area contributed by atoms with Crippen LogP contribution in [0.2, 0.25) is 0 Å². The molecule has 0 amide bonds. The smallest absolute Gasteiger partial charge is 0.0837 e. The fourth-order valence-corrected chi connectivity index (χ4v) is 6.39. The summed E-state index contributed by atoms with van der Waals surface area (Å²) < 4.78 is 0. The van der Waals surface area contributed by atoms with Gasteiger partial charge in [-0.3, -0.25) is 0 Å². The van der Waals surface area contributed by atoms with Gasteiger partial charge in [-0.15, -0.1) is 0 Å². The number of aryl methyl sites for hydroxylation is 2. The zero-order valence-electron chi connectivity index (χ0n) is 16.7. The van der Waals surface area contributed by atoms with Gasteiger partial charge < -0.3 is 0 Å². The summed E-state index contributed by atoms with van der Waals surface area (Å²) in [4.78, 5) is 0. The second-order valence-corrected chi connectivity index (χ2v) is 9.52. The minimum Gasteiger partial charge on any atom is -0.0837 e. The Hall–Kier alpha value is -1.60. The van der Waals surface area contributed by atoms with Crippen LogP contribution in [0.4, 0.5) is 0 Å². The van der Waals surface area contributed by atoms with E-state index in [-0.39, 0.29) is 10.8 Å². The highest BCUT2D eigenvalue weighted by Gasteiger charge is 2.50. The van der Waals surface area contributed by atoms with Crippen molar-refractivity contribution in [3.05, 3.63) is 75.5 Å². The summed E-state index contributed by atoms with van der Waals surface area (Å²) in [6.45, 7) is 16.4. The molecular weight excluding hydrogens is 316 g/mol. The molecule has 2 aliphatic rings. The van der Waals surface area contributed by atoms with Crippen LogP contribution < -0.4 is 5.19 Å². The molecule has 0 fully saturated rings. The first kappa shape index (κ1) is 18.2. The fourth-order valence-electron chi connectivity index (χ4n) is 4.44. The standard InChI is InChI=1S/C24H30Si/c1-16-11-12-17(2)21(15-16)25-22-19(4)18(3)20(5)24(22,7)23(6)13-9-8-10-14-23/h8-13,15H,14H2,1-7H3. The van der Waals surface area contributed by atoms with Crippen LogP contribution in [0.15, 0.2) is 64.4 Å². The summed E-state index contributed by atoms with van der Waals surface area (Å²) in [6.07, 6.45) is 10.3. The summed E-state index contributed by atoms with van der Waals surface area (Å²) in [5, 5.41) is 3.14. The van der Waals surface area contributed by atoms with E-state index in [4.69, 9.17) is 0 Å². The largest absolute Gasteiger partial charge is 0.117 e. The van der Waals surface area contributed by atoms with Crippen molar-refractivity contribution in [3.63, 3.8) is 0 Å². The summed E-state index contributed by atoms with van der Waals surface area (Å²) in [5.74, 6) is 0. The number of hydrogen-bond donors (Lipinski definition) is 0. The van der Waals surface area contributed by atoms with Gasteiger partial charge in [0.15, 0.2) is 0 Å². The van der Waals surface area contributed by atoms with E-state index < -0.39 is 0 Å². The molecule has 2 atom stereocenters. The molecule has 0 bridgehead atoms. The van der Waals surface area contributed by atoms with Crippen molar-refractivity contribution in [2.45, 2.75) is 54.9 Å². The topological polar surface area (TPSA) is 0 Å². The van der Waals surface area contributed by atoms with Gasteiger partial charge in [-0.1, -0.05) is 89.0 Å². The van der Waals surface area contributed by atoms with Crippen molar-refractivity contribution in [1.29, 1.82) is 0 Å². The van der Waals surface area contributed by atoms with Crippen molar-refractivity contribution >= 4 is 14.7 Å². The lowest BCUT2D eigenvalue weighted by atomic mass is 9.60. The average Bonchev–Trinajstić information content (AvgIpc) is 2.75. The van der Waals surface area contributed by atoms with Crippen LogP contribution in [0, 0.1) is 24.7 Å². The van der Waals surface area contributed by atoms with Crippen molar-refractivity contribution < 1.29 is 0 Å². The van der Waals surface area contributed by atoms with Gasteiger partial charge in [-0.05, 0) is 46.6 Å². The molecule has 0 aromatic heterocycles. The van der Waals surface area contributed by atoms with Crippen molar-refractivity contribution in [1.82, 2.24) is 0 Å². The maximum Gasteiger partial charge on any atom is 0.117 e. The maximum absolute atomic E-state index is 2.49. The number of hydrogen-bond acceptors (Lipinski definition) is 0. The number of benzene rings is 1. The van der Waals surface area contributed by atoms with E-state index in [2.05, 4.69) is 91.0 Å². The molecule has 2 aliphatic carbocycles. The molecule has 25 heavy (non-hydrogen) atoms. The highest BCUT2D eigenvalue weighted by atomic mass is 28.2. The predicted octanol–water partition coefficient (Wildman–Crippen LogP) is 5.79. The highest BCUT2D eigenvalue weighted by molar-refractivity contribution is 6.62. The molecule has 0 saturated carbocycles. The Balaban J connectivity index is 2.12. The molecule has 1 aromatic carbocycles. The van der Waals surface area contributed by atoms with Crippen molar-refractivity contribution in [2.24, 2.45) is 10.8 Å². The molecule has 0 spiro atoms. The predicted molar refractivity (Wildman–Crippen MR) is 111 cm³/mol. The third-order valence-corrected chi connectivity index (χ3v) is 8.73. The van der Waals surface area contributed by atoms with Crippen LogP contribution in [-0.2, 0) is 0 Å². The lowest BCUT2D eigenvalue weighted by molar-refractivity contribution is 0.224. The monoisotopic (exact) mass is 346 g/mol. The Morgan fingerprint density at radius 3 is 2.28 bits per heavy atom. The van der Waals surface area contributed by atoms with Gasteiger partial charge in [-0.25, -0.2) is 0 Å². The second-order valence-electron chi connectivity index (χ2n) is 8.23. The molecule has 0 N–H and O–H groups in total. The Morgan fingerprint density at radius 2 is 1.64 bits per heavy atom. The first-order valence-corrected chi connectivity index (χ1v) is 10.3. The third-order valence-electron chi connectivity index (χ3n) is 6.80. The van der Waals surface area contributed by atoms with E-state index in [1.807, 2.05) is 0 Å². The van der Waals surface area contributed by atoms with Gasteiger partial charge in [0.05, 0.1) is 0 Å². The Labute approximate surface area is 156 Å². The van der Waals surface area contributed by atoms with E-state index in [1.54, 1.807) is 10.8 Å². The quantitative estimate of drug-likeness (QED) is 0.608. The number of allylic oxidation sites excluding steroid dienone is 8. The molecule has 0 saturated heterocycles.